The summed E-state index contributed by atoms with van der Waals surface area (Å²) in [7, 11) is 1.60. The molecule has 0 radical (unpaired) electrons. The molecule has 0 amide bonds. The predicted octanol–water partition coefficient (Wildman–Crippen LogP) is 2.91. The van der Waals surface area contributed by atoms with Crippen LogP contribution in [0.15, 0.2) is 56.5 Å². The molecule has 5 rings (SSSR count). The molecule has 0 aliphatic carbocycles. The number of furan rings is 1. The summed E-state index contributed by atoms with van der Waals surface area (Å²) in [6, 6.07) is 11.2. The second-order valence-electron chi connectivity index (χ2n) is 6.58. The van der Waals surface area contributed by atoms with Crippen LogP contribution in [0.25, 0.3) is 39.7 Å². The normalized spacial score (nSPS) is 11.7. The van der Waals surface area contributed by atoms with Gasteiger partial charge in [0.1, 0.15) is 23.3 Å². The van der Waals surface area contributed by atoms with Crippen molar-refractivity contribution >= 4 is 16.6 Å². The van der Waals surface area contributed by atoms with E-state index in [-0.39, 0.29) is 17.3 Å². The van der Waals surface area contributed by atoms with Gasteiger partial charge in [0.05, 0.1) is 17.6 Å². The summed E-state index contributed by atoms with van der Waals surface area (Å²) >= 11 is 0. The first kappa shape index (κ1) is 17.4. The van der Waals surface area contributed by atoms with Crippen LogP contribution in [0.2, 0.25) is 0 Å². The third-order valence-corrected chi connectivity index (χ3v) is 4.76. The molecule has 0 aliphatic rings. The number of ether oxygens (including phenoxy) is 1. The van der Waals surface area contributed by atoms with Crippen LogP contribution in [0, 0.1) is 6.92 Å². The lowest BCUT2D eigenvalue weighted by atomic mass is 10.2. The van der Waals surface area contributed by atoms with E-state index in [4.69, 9.17) is 13.7 Å². The molecule has 0 saturated carbocycles. The van der Waals surface area contributed by atoms with Gasteiger partial charge in [-0.1, -0.05) is 17.3 Å². The average Bonchev–Trinajstić information content (AvgIpc) is 3.46. The SMILES string of the molecule is COCCn1c(=O)c2c(-c3noc(-c4ccc(C)o4)n3)ncn2c2ccccc21. The standard InChI is InChI=1S/C20H17N5O4/c1-12-7-8-15(28-12)19-22-18(23-29-19)16-17-20(26)24(9-10-27-2)13-5-3-4-6-14(13)25(17)11-21-16/h3-8,11H,9-10H2,1-2H3. The highest BCUT2D eigenvalue weighted by molar-refractivity contribution is 5.83. The zero-order chi connectivity index (χ0) is 20.0. The summed E-state index contributed by atoms with van der Waals surface area (Å²) in [6.07, 6.45) is 1.60. The van der Waals surface area contributed by atoms with E-state index >= 15 is 0 Å². The van der Waals surface area contributed by atoms with Gasteiger partial charge in [-0.25, -0.2) is 4.98 Å². The molecule has 146 valence electrons. The summed E-state index contributed by atoms with van der Waals surface area (Å²) in [5.41, 5.74) is 2.18. The van der Waals surface area contributed by atoms with Crippen molar-refractivity contribution in [2.24, 2.45) is 0 Å². The van der Waals surface area contributed by atoms with Crippen molar-refractivity contribution in [1.82, 2.24) is 24.1 Å². The van der Waals surface area contributed by atoms with Gasteiger partial charge in [0.25, 0.3) is 11.4 Å². The maximum absolute atomic E-state index is 13.3. The maximum atomic E-state index is 13.3. The van der Waals surface area contributed by atoms with Crippen molar-refractivity contribution in [3.8, 4) is 23.2 Å². The lowest BCUT2D eigenvalue weighted by molar-refractivity contribution is 0.187. The first-order valence-electron chi connectivity index (χ1n) is 9.06. The van der Waals surface area contributed by atoms with Crippen molar-refractivity contribution in [2.75, 3.05) is 13.7 Å². The minimum atomic E-state index is -0.201. The van der Waals surface area contributed by atoms with Crippen molar-refractivity contribution in [3.05, 3.63) is 58.8 Å². The predicted molar refractivity (Wildman–Crippen MR) is 105 cm³/mol. The van der Waals surface area contributed by atoms with E-state index in [0.717, 1.165) is 16.8 Å². The minimum Gasteiger partial charge on any atom is -0.456 e. The minimum absolute atomic E-state index is 0.201. The number of methoxy groups -OCH3 is 1. The Balaban J connectivity index is 1.73. The van der Waals surface area contributed by atoms with Gasteiger partial charge in [-0.15, -0.1) is 0 Å². The Kier molecular flexibility index (Phi) is 4.02. The van der Waals surface area contributed by atoms with Crippen molar-refractivity contribution in [3.63, 3.8) is 0 Å². The highest BCUT2D eigenvalue weighted by atomic mass is 16.5. The molecule has 0 saturated heterocycles. The van der Waals surface area contributed by atoms with Gasteiger partial charge in [-0.05, 0) is 31.2 Å². The lowest BCUT2D eigenvalue weighted by Gasteiger charge is -2.11. The van der Waals surface area contributed by atoms with Crippen LogP contribution >= 0.6 is 0 Å². The fourth-order valence-corrected chi connectivity index (χ4v) is 3.41. The van der Waals surface area contributed by atoms with Gasteiger partial charge in [0.2, 0.25) is 5.82 Å². The zero-order valence-corrected chi connectivity index (χ0v) is 15.8. The van der Waals surface area contributed by atoms with E-state index in [1.807, 2.05) is 37.3 Å². The molecule has 29 heavy (non-hydrogen) atoms. The van der Waals surface area contributed by atoms with E-state index < -0.39 is 0 Å². The molecule has 0 atom stereocenters. The molecule has 0 unspecified atom stereocenters. The number of fused-ring (bicyclic) bond motifs is 3. The molecule has 9 heteroatoms. The third kappa shape index (κ3) is 2.74. The maximum Gasteiger partial charge on any atom is 0.293 e. The second-order valence-corrected chi connectivity index (χ2v) is 6.58. The number of aryl methyl sites for hydroxylation is 1. The number of rotatable bonds is 5. The van der Waals surface area contributed by atoms with Crippen molar-refractivity contribution in [1.29, 1.82) is 0 Å². The summed E-state index contributed by atoms with van der Waals surface area (Å²) in [4.78, 5) is 22.1. The van der Waals surface area contributed by atoms with Crippen molar-refractivity contribution in [2.45, 2.75) is 13.5 Å². The molecule has 0 spiro atoms. The van der Waals surface area contributed by atoms with E-state index in [1.54, 1.807) is 28.5 Å². The molecule has 5 aromatic rings. The first-order valence-corrected chi connectivity index (χ1v) is 9.06. The monoisotopic (exact) mass is 391 g/mol. The van der Waals surface area contributed by atoms with Gasteiger partial charge < -0.3 is 18.2 Å². The van der Waals surface area contributed by atoms with Crippen LogP contribution in [0.3, 0.4) is 0 Å². The summed E-state index contributed by atoms with van der Waals surface area (Å²) in [5.74, 6) is 1.66. The average molecular weight is 391 g/mol. The first-order chi connectivity index (χ1) is 14.2. The van der Waals surface area contributed by atoms with Crippen LogP contribution in [-0.4, -0.2) is 37.8 Å². The topological polar surface area (TPSA) is 101 Å². The molecular weight excluding hydrogens is 374 g/mol. The fourth-order valence-electron chi connectivity index (χ4n) is 3.41. The Hall–Kier alpha value is -3.72. The highest BCUT2D eigenvalue weighted by Gasteiger charge is 2.21. The molecule has 0 fully saturated rings. The Morgan fingerprint density at radius 3 is 2.72 bits per heavy atom. The molecular formula is C20H17N5O4. The van der Waals surface area contributed by atoms with Crippen LogP contribution in [0.1, 0.15) is 5.76 Å². The van der Waals surface area contributed by atoms with Gasteiger partial charge in [0.15, 0.2) is 5.76 Å². The summed E-state index contributed by atoms with van der Waals surface area (Å²) in [6.45, 7) is 2.66. The van der Waals surface area contributed by atoms with E-state index in [0.29, 0.717) is 30.1 Å². The van der Waals surface area contributed by atoms with E-state index in [2.05, 4.69) is 15.1 Å². The Labute approximate surface area is 164 Å². The quantitative estimate of drug-likeness (QED) is 0.454. The molecule has 0 N–H and O–H groups in total. The Morgan fingerprint density at radius 1 is 1.14 bits per heavy atom. The molecule has 9 nitrogen and oxygen atoms in total. The van der Waals surface area contributed by atoms with E-state index in [1.165, 1.54) is 0 Å². The van der Waals surface area contributed by atoms with Gasteiger partial charge >= 0.3 is 0 Å². The fraction of sp³-hybridized carbons (Fsp3) is 0.200. The number of hydrogen-bond donors (Lipinski definition) is 0. The highest BCUT2D eigenvalue weighted by Crippen LogP contribution is 2.26. The van der Waals surface area contributed by atoms with Gasteiger partial charge in [0, 0.05) is 13.7 Å². The number of hydrogen-bond acceptors (Lipinski definition) is 7. The van der Waals surface area contributed by atoms with E-state index in [9.17, 15) is 4.79 Å². The number of nitrogens with zero attached hydrogens (tertiary/aromatic N) is 5. The van der Waals surface area contributed by atoms with Crippen LogP contribution in [0.4, 0.5) is 0 Å². The largest absolute Gasteiger partial charge is 0.456 e. The summed E-state index contributed by atoms with van der Waals surface area (Å²) in [5, 5.41) is 4.01. The second kappa shape index (κ2) is 6.71. The summed E-state index contributed by atoms with van der Waals surface area (Å²) < 4.78 is 19.5. The third-order valence-electron chi connectivity index (χ3n) is 4.76. The number of para-hydroxylation sites is 2. The zero-order valence-electron chi connectivity index (χ0n) is 15.8. The van der Waals surface area contributed by atoms with Crippen LogP contribution in [0.5, 0.6) is 0 Å². The molecule has 0 bridgehead atoms. The Morgan fingerprint density at radius 2 is 1.97 bits per heavy atom. The number of benzene rings is 1. The number of imidazole rings is 1. The molecule has 0 aliphatic heterocycles. The van der Waals surface area contributed by atoms with Crippen LogP contribution in [-0.2, 0) is 11.3 Å². The Bertz CT molecular complexity index is 1390. The van der Waals surface area contributed by atoms with Crippen molar-refractivity contribution < 1.29 is 13.7 Å². The molecule has 1 aromatic carbocycles. The molecule has 4 aromatic heterocycles. The van der Waals surface area contributed by atoms with Gasteiger partial charge in [-0.3, -0.25) is 9.20 Å². The lowest BCUT2D eigenvalue weighted by Crippen LogP contribution is -2.25. The molecule has 4 heterocycles. The van der Waals surface area contributed by atoms with Gasteiger partial charge in [-0.2, -0.15) is 4.98 Å². The number of aromatic nitrogens is 5. The van der Waals surface area contributed by atoms with Crippen LogP contribution < -0.4 is 5.56 Å². The smallest absolute Gasteiger partial charge is 0.293 e.